The number of hydrogen-bond acceptors (Lipinski definition) is 5. The highest BCUT2D eigenvalue weighted by Gasteiger charge is 2.42. The van der Waals surface area contributed by atoms with Crippen LogP contribution in [0, 0.1) is 0 Å². The van der Waals surface area contributed by atoms with Gasteiger partial charge in [0.15, 0.2) is 0 Å². The van der Waals surface area contributed by atoms with E-state index in [4.69, 9.17) is 14.2 Å². The molecular formula is C12H24O5. The molecular weight excluding hydrogens is 224 g/mol. The second-order valence-corrected chi connectivity index (χ2v) is 4.34. The van der Waals surface area contributed by atoms with Crippen molar-refractivity contribution in [2.75, 3.05) is 26.4 Å². The minimum Gasteiger partial charge on any atom is -0.388 e. The molecule has 1 aliphatic rings. The van der Waals surface area contributed by atoms with Crippen molar-refractivity contribution in [1.82, 2.24) is 0 Å². The van der Waals surface area contributed by atoms with Gasteiger partial charge in [-0.25, -0.2) is 0 Å². The first-order valence-electron chi connectivity index (χ1n) is 6.37. The normalized spacial score (nSPS) is 33.2. The summed E-state index contributed by atoms with van der Waals surface area (Å²) in [5, 5.41) is 19.5. The van der Waals surface area contributed by atoms with E-state index in [1.807, 2.05) is 13.8 Å². The lowest BCUT2D eigenvalue weighted by Gasteiger charge is -2.14. The lowest BCUT2D eigenvalue weighted by Crippen LogP contribution is -2.35. The van der Waals surface area contributed by atoms with Gasteiger partial charge in [-0.2, -0.15) is 0 Å². The van der Waals surface area contributed by atoms with Crippen LogP contribution in [-0.2, 0) is 14.2 Å². The Morgan fingerprint density at radius 1 is 0.882 bits per heavy atom. The summed E-state index contributed by atoms with van der Waals surface area (Å²) in [5.74, 6) is 0. The van der Waals surface area contributed by atoms with E-state index in [0.717, 1.165) is 12.8 Å². The molecule has 1 fully saturated rings. The van der Waals surface area contributed by atoms with Gasteiger partial charge in [0.05, 0.1) is 13.2 Å². The van der Waals surface area contributed by atoms with Crippen molar-refractivity contribution in [1.29, 1.82) is 0 Å². The van der Waals surface area contributed by atoms with Gasteiger partial charge in [-0.15, -0.1) is 0 Å². The molecule has 0 unspecified atom stereocenters. The number of aliphatic hydroxyl groups is 2. The number of rotatable bonds is 8. The fourth-order valence-corrected chi connectivity index (χ4v) is 1.79. The Morgan fingerprint density at radius 2 is 1.29 bits per heavy atom. The number of aliphatic hydroxyl groups excluding tert-OH is 2. The summed E-state index contributed by atoms with van der Waals surface area (Å²) < 4.78 is 16.2. The molecule has 2 N–H and O–H groups in total. The zero-order chi connectivity index (χ0) is 12.7. The third-order valence-electron chi connectivity index (χ3n) is 2.72. The predicted molar refractivity (Wildman–Crippen MR) is 62.9 cm³/mol. The van der Waals surface area contributed by atoms with Crippen molar-refractivity contribution < 1.29 is 24.4 Å². The molecule has 0 radical (unpaired) electrons. The molecule has 5 heteroatoms. The van der Waals surface area contributed by atoms with E-state index < -0.39 is 24.4 Å². The Bertz CT molecular complexity index is 179. The smallest absolute Gasteiger partial charge is 0.111 e. The van der Waals surface area contributed by atoms with Crippen molar-refractivity contribution >= 4 is 0 Å². The Kier molecular flexibility index (Phi) is 6.99. The fraction of sp³-hybridized carbons (Fsp3) is 1.00. The molecule has 4 atom stereocenters. The first-order chi connectivity index (χ1) is 8.20. The molecule has 1 saturated heterocycles. The third kappa shape index (κ3) is 4.52. The SMILES string of the molecule is CCCOC[C@H]1O[C@H](COCCC)[C@@H](O)[C@@H]1O. The lowest BCUT2D eigenvalue weighted by atomic mass is 10.1. The minimum atomic E-state index is -0.887. The molecule has 5 nitrogen and oxygen atoms in total. The number of ether oxygens (including phenoxy) is 3. The van der Waals surface area contributed by atoms with Gasteiger partial charge in [0.1, 0.15) is 24.4 Å². The summed E-state index contributed by atoms with van der Waals surface area (Å²) in [5.41, 5.74) is 0. The zero-order valence-corrected chi connectivity index (χ0v) is 10.7. The second kappa shape index (κ2) is 8.00. The van der Waals surface area contributed by atoms with E-state index in [9.17, 15) is 10.2 Å². The van der Waals surface area contributed by atoms with Crippen molar-refractivity contribution in [3.05, 3.63) is 0 Å². The monoisotopic (exact) mass is 248 g/mol. The van der Waals surface area contributed by atoms with Crippen molar-refractivity contribution in [3.8, 4) is 0 Å². The summed E-state index contributed by atoms with van der Waals surface area (Å²) >= 11 is 0. The molecule has 1 rings (SSSR count). The van der Waals surface area contributed by atoms with Gasteiger partial charge >= 0.3 is 0 Å². The van der Waals surface area contributed by atoms with E-state index in [0.29, 0.717) is 26.4 Å². The fourth-order valence-electron chi connectivity index (χ4n) is 1.79. The lowest BCUT2D eigenvalue weighted by molar-refractivity contribution is -0.0668. The number of hydrogen-bond donors (Lipinski definition) is 2. The molecule has 0 aromatic heterocycles. The zero-order valence-electron chi connectivity index (χ0n) is 10.7. The molecule has 1 heterocycles. The summed E-state index contributed by atoms with van der Waals surface area (Å²) in [6.07, 6.45) is -0.828. The summed E-state index contributed by atoms with van der Waals surface area (Å²) in [6, 6.07) is 0. The Hall–Kier alpha value is -0.200. The molecule has 1 aliphatic heterocycles. The highest BCUT2D eigenvalue weighted by atomic mass is 16.6. The van der Waals surface area contributed by atoms with Crippen LogP contribution in [0.3, 0.4) is 0 Å². The Morgan fingerprint density at radius 3 is 1.65 bits per heavy atom. The van der Waals surface area contributed by atoms with E-state index in [-0.39, 0.29) is 0 Å². The quantitative estimate of drug-likeness (QED) is 0.606. The maximum Gasteiger partial charge on any atom is 0.111 e. The molecule has 17 heavy (non-hydrogen) atoms. The van der Waals surface area contributed by atoms with Crippen LogP contribution in [0.1, 0.15) is 26.7 Å². The minimum absolute atomic E-state index is 0.316. The average Bonchev–Trinajstić information content (AvgIpc) is 2.59. The van der Waals surface area contributed by atoms with E-state index in [1.165, 1.54) is 0 Å². The van der Waals surface area contributed by atoms with Crippen LogP contribution in [0.15, 0.2) is 0 Å². The van der Waals surface area contributed by atoms with E-state index >= 15 is 0 Å². The highest BCUT2D eigenvalue weighted by Crippen LogP contribution is 2.22. The van der Waals surface area contributed by atoms with Crippen molar-refractivity contribution in [3.63, 3.8) is 0 Å². The van der Waals surface area contributed by atoms with Crippen molar-refractivity contribution in [2.45, 2.75) is 51.1 Å². The van der Waals surface area contributed by atoms with Gasteiger partial charge in [-0.1, -0.05) is 13.8 Å². The second-order valence-electron chi connectivity index (χ2n) is 4.34. The standard InChI is InChI=1S/C12H24O5/c1-3-5-15-7-9-11(13)12(14)10(17-9)8-16-6-4-2/h9-14H,3-8H2,1-2H3/t9-,10-,11-,12-/m1/s1. The average molecular weight is 248 g/mol. The van der Waals surface area contributed by atoms with Crippen LogP contribution in [-0.4, -0.2) is 61.1 Å². The molecule has 0 aromatic rings. The maximum atomic E-state index is 9.77. The molecule has 0 aromatic carbocycles. The largest absolute Gasteiger partial charge is 0.388 e. The first kappa shape index (κ1) is 14.9. The first-order valence-corrected chi connectivity index (χ1v) is 6.37. The van der Waals surface area contributed by atoms with Crippen LogP contribution in [0.25, 0.3) is 0 Å². The van der Waals surface area contributed by atoms with Crippen LogP contribution in [0.4, 0.5) is 0 Å². The van der Waals surface area contributed by atoms with Gasteiger partial charge < -0.3 is 24.4 Å². The van der Waals surface area contributed by atoms with Gasteiger partial charge in [-0.3, -0.25) is 0 Å². The molecule has 0 amide bonds. The Labute approximate surface area is 103 Å². The van der Waals surface area contributed by atoms with Crippen LogP contribution >= 0.6 is 0 Å². The van der Waals surface area contributed by atoms with E-state index in [1.54, 1.807) is 0 Å². The molecule has 0 spiro atoms. The molecule has 0 bridgehead atoms. The van der Waals surface area contributed by atoms with Crippen LogP contribution in [0.5, 0.6) is 0 Å². The molecule has 0 saturated carbocycles. The van der Waals surface area contributed by atoms with Crippen LogP contribution in [0.2, 0.25) is 0 Å². The van der Waals surface area contributed by atoms with Gasteiger partial charge in [0.2, 0.25) is 0 Å². The molecule has 0 aliphatic carbocycles. The van der Waals surface area contributed by atoms with Gasteiger partial charge in [0.25, 0.3) is 0 Å². The highest BCUT2D eigenvalue weighted by molar-refractivity contribution is 4.90. The summed E-state index contributed by atoms with van der Waals surface area (Å²) in [7, 11) is 0. The summed E-state index contributed by atoms with van der Waals surface area (Å²) in [6.45, 7) is 5.94. The maximum absolute atomic E-state index is 9.77. The van der Waals surface area contributed by atoms with Crippen molar-refractivity contribution in [2.24, 2.45) is 0 Å². The molecule has 102 valence electrons. The van der Waals surface area contributed by atoms with Crippen LogP contribution < -0.4 is 0 Å². The van der Waals surface area contributed by atoms with E-state index in [2.05, 4.69) is 0 Å². The third-order valence-corrected chi connectivity index (χ3v) is 2.72. The Balaban J connectivity index is 2.29. The van der Waals surface area contributed by atoms with Gasteiger partial charge in [0, 0.05) is 13.2 Å². The predicted octanol–water partition coefficient (Wildman–Crippen LogP) is 0.329. The van der Waals surface area contributed by atoms with Gasteiger partial charge in [-0.05, 0) is 12.8 Å². The summed E-state index contributed by atoms with van der Waals surface area (Å²) in [4.78, 5) is 0. The topological polar surface area (TPSA) is 68.2 Å².